The maximum Gasteiger partial charge on any atom is 0.227 e. The average Bonchev–Trinajstić information content (AvgIpc) is 3.25. The number of nitrogens with zero attached hydrogens (tertiary/aromatic N) is 3. The molecule has 1 saturated carbocycles. The Morgan fingerprint density at radius 1 is 1.36 bits per heavy atom. The van der Waals surface area contributed by atoms with E-state index >= 15 is 0 Å². The molecule has 6 nitrogen and oxygen atoms in total. The Bertz CT molecular complexity index is 764. The smallest absolute Gasteiger partial charge is 0.227 e. The number of hydrogen-bond acceptors (Lipinski definition) is 4. The Morgan fingerprint density at radius 2 is 2.20 bits per heavy atom. The SMILES string of the molecule is Cc1cnn(-c2ccncc2NC(=O)[C@H]2CCOC3(CCCC3)C2)c1. The van der Waals surface area contributed by atoms with Crippen LogP contribution < -0.4 is 5.32 Å². The molecule has 6 heteroatoms. The van der Waals surface area contributed by atoms with Crippen molar-refractivity contribution in [2.24, 2.45) is 5.92 Å². The van der Waals surface area contributed by atoms with Crippen molar-refractivity contribution in [2.75, 3.05) is 11.9 Å². The van der Waals surface area contributed by atoms with E-state index in [-0.39, 0.29) is 17.4 Å². The Labute approximate surface area is 147 Å². The van der Waals surface area contributed by atoms with E-state index in [1.807, 2.05) is 19.2 Å². The van der Waals surface area contributed by atoms with Gasteiger partial charge in [-0.1, -0.05) is 12.8 Å². The summed E-state index contributed by atoms with van der Waals surface area (Å²) in [6.07, 6.45) is 13.3. The lowest BCUT2D eigenvalue weighted by Crippen LogP contribution is -2.41. The summed E-state index contributed by atoms with van der Waals surface area (Å²) >= 11 is 0. The first-order valence-corrected chi connectivity index (χ1v) is 9.06. The highest BCUT2D eigenvalue weighted by atomic mass is 16.5. The van der Waals surface area contributed by atoms with Crippen molar-refractivity contribution >= 4 is 11.6 Å². The maximum atomic E-state index is 12.9. The van der Waals surface area contributed by atoms with Gasteiger partial charge in [-0.15, -0.1) is 0 Å². The number of aryl methyl sites for hydroxylation is 1. The molecule has 1 amide bonds. The standard InChI is InChI=1S/C19H24N4O2/c1-14-11-21-23(13-14)17-4-8-20-12-16(17)22-18(24)15-5-9-25-19(10-15)6-2-3-7-19/h4,8,11-13,15H,2-3,5-7,9-10H2,1H3,(H,22,24)/t15-/m0/s1. The summed E-state index contributed by atoms with van der Waals surface area (Å²) in [6.45, 7) is 2.67. The molecule has 2 aliphatic rings. The van der Waals surface area contributed by atoms with Crippen molar-refractivity contribution in [3.8, 4) is 5.69 Å². The number of aromatic nitrogens is 3. The molecule has 3 heterocycles. The molecule has 2 aromatic rings. The molecule has 25 heavy (non-hydrogen) atoms. The van der Waals surface area contributed by atoms with Crippen LogP contribution >= 0.6 is 0 Å². The summed E-state index contributed by atoms with van der Waals surface area (Å²) in [6, 6.07) is 1.87. The van der Waals surface area contributed by atoms with E-state index in [4.69, 9.17) is 4.74 Å². The molecule has 0 aromatic carbocycles. The van der Waals surface area contributed by atoms with Crippen LogP contribution in [0.15, 0.2) is 30.9 Å². The van der Waals surface area contributed by atoms with Crippen LogP contribution in [0, 0.1) is 12.8 Å². The van der Waals surface area contributed by atoms with E-state index < -0.39 is 0 Å². The Morgan fingerprint density at radius 3 is 2.96 bits per heavy atom. The summed E-state index contributed by atoms with van der Waals surface area (Å²) in [4.78, 5) is 17.0. The van der Waals surface area contributed by atoms with Gasteiger partial charge in [-0.3, -0.25) is 9.78 Å². The summed E-state index contributed by atoms with van der Waals surface area (Å²) in [5.41, 5.74) is 2.54. The third kappa shape index (κ3) is 3.31. The molecule has 0 unspecified atom stereocenters. The molecule has 0 radical (unpaired) electrons. The number of anilines is 1. The van der Waals surface area contributed by atoms with Crippen molar-refractivity contribution in [2.45, 2.75) is 51.0 Å². The Balaban J connectivity index is 1.51. The molecule has 4 rings (SSSR count). The predicted molar refractivity (Wildman–Crippen MR) is 94.6 cm³/mol. The summed E-state index contributed by atoms with van der Waals surface area (Å²) < 4.78 is 7.82. The quantitative estimate of drug-likeness (QED) is 0.931. The van der Waals surface area contributed by atoms with Gasteiger partial charge in [0.15, 0.2) is 0 Å². The monoisotopic (exact) mass is 340 g/mol. The number of carbonyl (C=O) groups excluding carboxylic acids is 1. The third-order valence-electron chi connectivity index (χ3n) is 5.39. The number of pyridine rings is 1. The van der Waals surface area contributed by atoms with E-state index in [9.17, 15) is 4.79 Å². The highest BCUT2D eigenvalue weighted by Crippen LogP contribution is 2.42. The lowest BCUT2D eigenvalue weighted by Gasteiger charge is -2.37. The van der Waals surface area contributed by atoms with Crippen LogP contribution in [0.4, 0.5) is 5.69 Å². The summed E-state index contributed by atoms with van der Waals surface area (Å²) in [5, 5.41) is 7.42. The second kappa shape index (κ2) is 6.59. The van der Waals surface area contributed by atoms with Gasteiger partial charge in [0.05, 0.1) is 29.4 Å². The maximum absolute atomic E-state index is 12.9. The third-order valence-corrected chi connectivity index (χ3v) is 5.39. The van der Waals surface area contributed by atoms with Crippen LogP contribution in [0.2, 0.25) is 0 Å². The van der Waals surface area contributed by atoms with Gasteiger partial charge in [-0.25, -0.2) is 4.68 Å². The summed E-state index contributed by atoms with van der Waals surface area (Å²) in [7, 11) is 0. The van der Waals surface area contributed by atoms with Crippen molar-refractivity contribution in [1.82, 2.24) is 14.8 Å². The molecule has 0 bridgehead atoms. The molecular weight excluding hydrogens is 316 g/mol. The zero-order chi connectivity index (χ0) is 17.3. The fourth-order valence-electron chi connectivity index (χ4n) is 4.08. The van der Waals surface area contributed by atoms with Crippen LogP contribution in [-0.4, -0.2) is 32.9 Å². The molecule has 2 aromatic heterocycles. The van der Waals surface area contributed by atoms with Crippen LogP contribution in [-0.2, 0) is 9.53 Å². The van der Waals surface area contributed by atoms with E-state index in [1.54, 1.807) is 23.3 Å². The van der Waals surface area contributed by atoms with E-state index in [0.717, 1.165) is 36.9 Å². The summed E-state index contributed by atoms with van der Waals surface area (Å²) in [5.74, 6) is 0.0620. The number of ether oxygens (including phenoxy) is 1. The minimum absolute atomic E-state index is 0.000682. The van der Waals surface area contributed by atoms with Gasteiger partial charge >= 0.3 is 0 Å². The van der Waals surface area contributed by atoms with Gasteiger partial charge in [0.2, 0.25) is 5.91 Å². The number of hydrogen-bond donors (Lipinski definition) is 1. The second-order valence-corrected chi connectivity index (χ2v) is 7.27. The molecule has 1 N–H and O–H groups in total. The van der Waals surface area contributed by atoms with Gasteiger partial charge in [0.25, 0.3) is 0 Å². The number of rotatable bonds is 3. The zero-order valence-electron chi connectivity index (χ0n) is 14.6. The molecule has 1 spiro atoms. The minimum atomic E-state index is -0.0584. The molecule has 1 aliphatic carbocycles. The minimum Gasteiger partial charge on any atom is -0.375 e. The average molecular weight is 340 g/mol. The molecule has 1 atom stereocenters. The van der Waals surface area contributed by atoms with Crippen LogP contribution in [0.3, 0.4) is 0 Å². The first-order valence-electron chi connectivity index (χ1n) is 9.06. The van der Waals surface area contributed by atoms with Gasteiger partial charge in [-0.2, -0.15) is 5.10 Å². The largest absolute Gasteiger partial charge is 0.375 e. The van der Waals surface area contributed by atoms with Gasteiger partial charge < -0.3 is 10.1 Å². The second-order valence-electron chi connectivity index (χ2n) is 7.27. The topological polar surface area (TPSA) is 69.0 Å². The van der Waals surface area contributed by atoms with Gasteiger partial charge in [0.1, 0.15) is 0 Å². The van der Waals surface area contributed by atoms with E-state index in [1.165, 1.54) is 12.8 Å². The molecule has 1 aliphatic heterocycles. The van der Waals surface area contributed by atoms with Crippen LogP contribution in [0.1, 0.15) is 44.1 Å². The zero-order valence-corrected chi connectivity index (χ0v) is 14.6. The predicted octanol–water partition coefficient (Wildman–Crippen LogP) is 3.25. The highest BCUT2D eigenvalue weighted by Gasteiger charge is 2.42. The van der Waals surface area contributed by atoms with Gasteiger partial charge in [0, 0.05) is 24.9 Å². The van der Waals surface area contributed by atoms with Crippen LogP contribution in [0.25, 0.3) is 5.69 Å². The number of carbonyl (C=O) groups is 1. The molecular formula is C19H24N4O2. The first kappa shape index (κ1) is 16.3. The molecule has 132 valence electrons. The number of nitrogens with one attached hydrogen (secondary N) is 1. The van der Waals surface area contributed by atoms with Crippen molar-refractivity contribution in [3.05, 3.63) is 36.4 Å². The Hall–Kier alpha value is -2.21. The lowest BCUT2D eigenvalue weighted by molar-refractivity contribution is -0.133. The molecule has 1 saturated heterocycles. The van der Waals surface area contributed by atoms with Gasteiger partial charge in [-0.05, 0) is 44.2 Å². The Kier molecular flexibility index (Phi) is 4.29. The van der Waals surface area contributed by atoms with Crippen molar-refractivity contribution in [3.63, 3.8) is 0 Å². The van der Waals surface area contributed by atoms with Crippen molar-refractivity contribution < 1.29 is 9.53 Å². The van der Waals surface area contributed by atoms with E-state index in [0.29, 0.717) is 12.3 Å². The highest BCUT2D eigenvalue weighted by molar-refractivity contribution is 5.94. The normalized spacial score (nSPS) is 22.2. The number of amides is 1. The molecule has 2 fully saturated rings. The van der Waals surface area contributed by atoms with Crippen molar-refractivity contribution in [1.29, 1.82) is 0 Å². The van der Waals surface area contributed by atoms with Crippen LogP contribution in [0.5, 0.6) is 0 Å². The first-order chi connectivity index (χ1) is 12.2. The van der Waals surface area contributed by atoms with E-state index in [2.05, 4.69) is 15.4 Å². The lowest BCUT2D eigenvalue weighted by atomic mass is 9.84. The fourth-order valence-corrected chi connectivity index (χ4v) is 4.08. The fraction of sp³-hybridized carbons (Fsp3) is 0.526.